The van der Waals surface area contributed by atoms with E-state index in [-0.39, 0.29) is 36.0 Å². The topological polar surface area (TPSA) is 94.2 Å². The van der Waals surface area contributed by atoms with Crippen molar-refractivity contribution in [2.24, 2.45) is 0 Å². The third kappa shape index (κ3) is 5.20. The summed E-state index contributed by atoms with van der Waals surface area (Å²) in [6.07, 6.45) is -1.07. The van der Waals surface area contributed by atoms with Crippen LogP contribution in [0.25, 0.3) is 10.8 Å². The summed E-state index contributed by atoms with van der Waals surface area (Å²) in [4.78, 5) is 13.1. The van der Waals surface area contributed by atoms with Crippen molar-refractivity contribution in [3.8, 4) is 17.2 Å². The Morgan fingerprint density at radius 1 is 1.05 bits per heavy atom. The largest absolute Gasteiger partial charge is 0.497 e. The second-order valence-corrected chi connectivity index (χ2v) is 10.8. The van der Waals surface area contributed by atoms with Gasteiger partial charge in [-0.05, 0) is 53.9 Å². The van der Waals surface area contributed by atoms with Crippen LogP contribution in [0, 0.1) is 0 Å². The Labute approximate surface area is 225 Å². The minimum atomic E-state index is -4.03. The van der Waals surface area contributed by atoms with E-state index in [4.69, 9.17) is 25.8 Å². The van der Waals surface area contributed by atoms with Crippen LogP contribution in [0.2, 0.25) is 5.02 Å². The Kier molecular flexibility index (Phi) is 7.31. The normalized spacial score (nSPS) is 14.9. The lowest BCUT2D eigenvalue weighted by Gasteiger charge is -2.34. The molecule has 0 bridgehead atoms. The van der Waals surface area contributed by atoms with Crippen LogP contribution >= 0.6 is 11.6 Å². The van der Waals surface area contributed by atoms with Crippen LogP contribution in [0.4, 0.5) is 5.69 Å². The molecule has 0 aliphatic carbocycles. The van der Waals surface area contributed by atoms with E-state index in [9.17, 15) is 13.2 Å². The average molecular weight is 553 g/mol. The standard InChI is InChI=1S/C28H25ClN2O6S/c1-35-21-10-12-22(13-11-21)38(33,34)31-18-27(37-26-14-9-20(29)17-24(26)31)28(32)30-15-16-36-25-8-4-6-19-5-2-3-7-23(19)25/h2-14,17,27H,15-16,18H2,1H3,(H,30,32)/t27-/m0/s1. The first-order chi connectivity index (χ1) is 18.4. The van der Waals surface area contributed by atoms with Gasteiger partial charge in [0.15, 0.2) is 6.10 Å². The number of amides is 1. The van der Waals surface area contributed by atoms with Crippen LogP contribution in [0.5, 0.6) is 17.2 Å². The number of sulfonamides is 1. The number of hydrogen-bond acceptors (Lipinski definition) is 6. The first-order valence-electron chi connectivity index (χ1n) is 11.9. The fraction of sp³-hybridized carbons (Fsp3) is 0.179. The predicted molar refractivity (Wildman–Crippen MR) is 146 cm³/mol. The molecule has 1 N–H and O–H groups in total. The molecule has 1 atom stereocenters. The SMILES string of the molecule is COc1ccc(S(=O)(=O)N2C[C@@H](C(=O)NCCOc3cccc4ccccc34)Oc3ccc(Cl)cc32)cc1. The molecule has 0 spiro atoms. The molecule has 1 heterocycles. The number of ether oxygens (including phenoxy) is 3. The maximum absolute atomic E-state index is 13.6. The molecule has 4 aromatic rings. The second kappa shape index (κ2) is 10.8. The summed E-state index contributed by atoms with van der Waals surface area (Å²) in [5, 5.41) is 5.17. The van der Waals surface area contributed by atoms with Crippen LogP contribution in [-0.4, -0.2) is 47.2 Å². The van der Waals surface area contributed by atoms with E-state index in [1.165, 1.54) is 25.3 Å². The fourth-order valence-electron chi connectivity index (χ4n) is 4.23. The van der Waals surface area contributed by atoms with Crippen molar-refractivity contribution in [3.63, 3.8) is 0 Å². The smallest absolute Gasteiger partial charge is 0.264 e. The van der Waals surface area contributed by atoms with E-state index in [0.29, 0.717) is 16.5 Å². The van der Waals surface area contributed by atoms with Gasteiger partial charge in [-0.1, -0.05) is 48.0 Å². The number of carbonyl (C=O) groups is 1. The van der Waals surface area contributed by atoms with Gasteiger partial charge in [0.05, 0.1) is 30.8 Å². The molecule has 0 aromatic heterocycles. The number of methoxy groups -OCH3 is 1. The van der Waals surface area contributed by atoms with Crippen molar-refractivity contribution in [2.75, 3.05) is 31.1 Å². The van der Waals surface area contributed by atoms with Gasteiger partial charge >= 0.3 is 0 Å². The van der Waals surface area contributed by atoms with Crippen LogP contribution in [-0.2, 0) is 14.8 Å². The molecule has 0 unspecified atom stereocenters. The Morgan fingerprint density at radius 3 is 2.61 bits per heavy atom. The summed E-state index contributed by atoms with van der Waals surface area (Å²) in [5.74, 6) is 1.03. The highest BCUT2D eigenvalue weighted by atomic mass is 35.5. The van der Waals surface area contributed by atoms with Crippen LogP contribution in [0.3, 0.4) is 0 Å². The molecular weight excluding hydrogens is 528 g/mol. The highest BCUT2D eigenvalue weighted by Gasteiger charge is 2.37. The first kappa shape index (κ1) is 25.7. The number of rotatable bonds is 8. The molecule has 4 aromatic carbocycles. The number of benzene rings is 4. The lowest BCUT2D eigenvalue weighted by molar-refractivity contribution is -0.127. The quantitative estimate of drug-likeness (QED) is 0.320. The van der Waals surface area contributed by atoms with E-state index < -0.39 is 22.0 Å². The Morgan fingerprint density at radius 2 is 1.82 bits per heavy atom. The van der Waals surface area contributed by atoms with Crippen molar-refractivity contribution in [3.05, 3.63) is 90.0 Å². The third-order valence-electron chi connectivity index (χ3n) is 6.14. The average Bonchev–Trinajstić information content (AvgIpc) is 2.94. The van der Waals surface area contributed by atoms with Crippen LogP contribution in [0.1, 0.15) is 0 Å². The minimum Gasteiger partial charge on any atom is -0.497 e. The highest BCUT2D eigenvalue weighted by molar-refractivity contribution is 7.92. The van der Waals surface area contributed by atoms with E-state index in [2.05, 4.69) is 5.32 Å². The summed E-state index contributed by atoms with van der Waals surface area (Å²) in [6, 6.07) is 24.3. The summed E-state index contributed by atoms with van der Waals surface area (Å²) < 4.78 is 45.2. The van der Waals surface area contributed by atoms with Crippen molar-refractivity contribution < 1.29 is 27.4 Å². The number of fused-ring (bicyclic) bond motifs is 2. The minimum absolute atomic E-state index is 0.0498. The lowest BCUT2D eigenvalue weighted by atomic mass is 10.1. The second-order valence-electron chi connectivity index (χ2n) is 8.55. The van der Waals surface area contributed by atoms with E-state index >= 15 is 0 Å². The molecule has 0 fully saturated rings. The predicted octanol–water partition coefficient (Wildman–Crippen LogP) is 4.65. The third-order valence-corrected chi connectivity index (χ3v) is 8.17. The molecule has 5 rings (SSSR count). The molecular formula is C28H25ClN2O6S. The van der Waals surface area contributed by atoms with Crippen LogP contribution < -0.4 is 23.8 Å². The van der Waals surface area contributed by atoms with Gasteiger partial charge in [0, 0.05) is 10.4 Å². The van der Waals surface area contributed by atoms with Gasteiger partial charge in [-0.15, -0.1) is 0 Å². The lowest BCUT2D eigenvalue weighted by Crippen LogP contribution is -2.51. The molecule has 8 nitrogen and oxygen atoms in total. The number of nitrogens with zero attached hydrogens (tertiary/aromatic N) is 1. The van der Waals surface area contributed by atoms with E-state index in [1.807, 2.05) is 42.5 Å². The van der Waals surface area contributed by atoms with Gasteiger partial charge in [0.25, 0.3) is 15.9 Å². The number of hydrogen-bond donors (Lipinski definition) is 1. The Balaban J connectivity index is 1.30. The zero-order chi connectivity index (χ0) is 26.7. The van der Waals surface area contributed by atoms with Crippen molar-refractivity contribution in [1.82, 2.24) is 5.32 Å². The van der Waals surface area contributed by atoms with Gasteiger partial charge in [0.1, 0.15) is 23.9 Å². The zero-order valence-electron chi connectivity index (χ0n) is 20.5. The molecule has 196 valence electrons. The Bertz CT molecular complexity index is 1570. The van der Waals surface area contributed by atoms with Gasteiger partial charge in [-0.3, -0.25) is 9.10 Å². The van der Waals surface area contributed by atoms with Crippen LogP contribution in [0.15, 0.2) is 89.8 Å². The van der Waals surface area contributed by atoms with E-state index in [0.717, 1.165) is 15.1 Å². The monoisotopic (exact) mass is 552 g/mol. The van der Waals surface area contributed by atoms with E-state index in [1.54, 1.807) is 24.3 Å². The first-order valence-corrected chi connectivity index (χ1v) is 13.7. The molecule has 0 saturated heterocycles. The summed E-state index contributed by atoms with van der Waals surface area (Å²) in [5.41, 5.74) is 0.261. The molecule has 0 saturated carbocycles. The zero-order valence-corrected chi connectivity index (χ0v) is 22.0. The molecule has 38 heavy (non-hydrogen) atoms. The maximum Gasteiger partial charge on any atom is 0.264 e. The summed E-state index contributed by atoms with van der Waals surface area (Å²) in [7, 11) is -2.53. The summed E-state index contributed by atoms with van der Waals surface area (Å²) in [6.45, 7) is 0.213. The van der Waals surface area contributed by atoms with Crippen molar-refractivity contribution in [1.29, 1.82) is 0 Å². The molecule has 1 aliphatic rings. The molecule has 10 heteroatoms. The molecule has 1 aliphatic heterocycles. The highest BCUT2D eigenvalue weighted by Crippen LogP contribution is 2.39. The fourth-order valence-corrected chi connectivity index (χ4v) is 5.87. The van der Waals surface area contributed by atoms with Gasteiger partial charge < -0.3 is 19.5 Å². The van der Waals surface area contributed by atoms with Gasteiger partial charge in [0.2, 0.25) is 0 Å². The molecule has 1 amide bonds. The summed E-state index contributed by atoms with van der Waals surface area (Å²) >= 11 is 6.16. The van der Waals surface area contributed by atoms with Crippen molar-refractivity contribution in [2.45, 2.75) is 11.0 Å². The van der Waals surface area contributed by atoms with Gasteiger partial charge in [-0.25, -0.2) is 8.42 Å². The number of halogens is 1. The number of carbonyl (C=O) groups excluding carboxylic acids is 1. The Hall–Kier alpha value is -3.95. The number of nitrogens with one attached hydrogen (secondary N) is 1. The molecule has 0 radical (unpaired) electrons. The van der Waals surface area contributed by atoms with Crippen molar-refractivity contribution >= 4 is 44.0 Å². The maximum atomic E-state index is 13.6. The number of anilines is 1. The van der Waals surface area contributed by atoms with Gasteiger partial charge in [-0.2, -0.15) is 0 Å².